The fourth-order valence-corrected chi connectivity index (χ4v) is 1.72. The Hall–Kier alpha value is -1.63. The van der Waals surface area contributed by atoms with Crippen LogP contribution in [0, 0.1) is 0 Å². The molecule has 0 saturated heterocycles. The zero-order valence-corrected chi connectivity index (χ0v) is 13.8. The first-order chi connectivity index (χ1) is 10.2. The van der Waals surface area contributed by atoms with Crippen LogP contribution in [0.2, 0.25) is 0 Å². The third kappa shape index (κ3) is 7.97. The van der Waals surface area contributed by atoms with Gasteiger partial charge in [0.15, 0.2) is 0 Å². The van der Waals surface area contributed by atoms with Crippen molar-refractivity contribution in [2.24, 2.45) is 0 Å². The molecule has 1 rings (SSSR count). The van der Waals surface area contributed by atoms with Gasteiger partial charge in [0.2, 0.25) is 5.91 Å². The van der Waals surface area contributed by atoms with Gasteiger partial charge < -0.3 is 20.7 Å². The van der Waals surface area contributed by atoms with Crippen LogP contribution in [0.5, 0.6) is 0 Å². The molecule has 7 heteroatoms. The highest BCUT2D eigenvalue weighted by Gasteiger charge is 2.05. The number of ether oxygens (including phenoxy) is 1. The number of rotatable bonds is 9. The maximum atomic E-state index is 11.7. The second-order valence-electron chi connectivity index (χ2n) is 4.51. The number of nitrogens with one attached hydrogen (secondary N) is 3. The van der Waals surface area contributed by atoms with Crippen LogP contribution >= 0.6 is 12.4 Å². The molecule has 0 atom stereocenters. The SMILES string of the molecule is CCNC(=O)c1cccc(CNC(=O)CNCCOC)c1.Cl. The lowest BCUT2D eigenvalue weighted by Gasteiger charge is -2.08. The number of hydrogen-bond acceptors (Lipinski definition) is 4. The smallest absolute Gasteiger partial charge is 0.251 e. The lowest BCUT2D eigenvalue weighted by atomic mass is 10.1. The summed E-state index contributed by atoms with van der Waals surface area (Å²) in [5, 5.41) is 8.51. The molecule has 0 radical (unpaired) electrons. The Morgan fingerprint density at radius 3 is 2.68 bits per heavy atom. The van der Waals surface area contributed by atoms with E-state index in [1.54, 1.807) is 19.2 Å². The minimum Gasteiger partial charge on any atom is -0.383 e. The van der Waals surface area contributed by atoms with E-state index in [2.05, 4.69) is 16.0 Å². The van der Waals surface area contributed by atoms with Crippen LogP contribution in [0.3, 0.4) is 0 Å². The highest BCUT2D eigenvalue weighted by atomic mass is 35.5. The Labute approximate surface area is 137 Å². The molecule has 6 nitrogen and oxygen atoms in total. The normalized spacial score (nSPS) is 9.73. The lowest BCUT2D eigenvalue weighted by molar-refractivity contribution is -0.120. The maximum absolute atomic E-state index is 11.7. The molecule has 1 aromatic carbocycles. The molecule has 0 heterocycles. The lowest BCUT2D eigenvalue weighted by Crippen LogP contribution is -2.34. The molecule has 0 bridgehead atoms. The van der Waals surface area contributed by atoms with Crippen molar-refractivity contribution in [1.82, 2.24) is 16.0 Å². The molecule has 0 saturated carbocycles. The van der Waals surface area contributed by atoms with Gasteiger partial charge in [-0.2, -0.15) is 0 Å². The van der Waals surface area contributed by atoms with Crippen molar-refractivity contribution in [3.8, 4) is 0 Å². The van der Waals surface area contributed by atoms with E-state index in [9.17, 15) is 9.59 Å². The molecule has 0 aromatic heterocycles. The summed E-state index contributed by atoms with van der Waals surface area (Å²) in [5.74, 6) is -0.193. The van der Waals surface area contributed by atoms with Crippen molar-refractivity contribution < 1.29 is 14.3 Å². The summed E-state index contributed by atoms with van der Waals surface area (Å²) in [6.07, 6.45) is 0. The molecule has 0 fully saturated rings. The van der Waals surface area contributed by atoms with E-state index in [0.29, 0.717) is 31.8 Å². The predicted molar refractivity (Wildman–Crippen MR) is 88.3 cm³/mol. The molecule has 124 valence electrons. The molecule has 3 N–H and O–H groups in total. The van der Waals surface area contributed by atoms with E-state index >= 15 is 0 Å². The van der Waals surface area contributed by atoms with Crippen molar-refractivity contribution >= 4 is 24.2 Å². The largest absolute Gasteiger partial charge is 0.383 e. The second-order valence-corrected chi connectivity index (χ2v) is 4.51. The Morgan fingerprint density at radius 1 is 1.23 bits per heavy atom. The molecule has 0 spiro atoms. The summed E-state index contributed by atoms with van der Waals surface area (Å²) in [7, 11) is 1.61. The fourth-order valence-electron chi connectivity index (χ4n) is 1.72. The summed E-state index contributed by atoms with van der Waals surface area (Å²) in [6, 6.07) is 7.22. The molecule has 2 amide bonds. The van der Waals surface area contributed by atoms with Crippen LogP contribution in [0.25, 0.3) is 0 Å². The quantitative estimate of drug-likeness (QED) is 0.583. The van der Waals surface area contributed by atoms with Gasteiger partial charge in [0.05, 0.1) is 13.2 Å². The average molecular weight is 330 g/mol. The van der Waals surface area contributed by atoms with Gasteiger partial charge >= 0.3 is 0 Å². The van der Waals surface area contributed by atoms with Crippen LogP contribution < -0.4 is 16.0 Å². The van der Waals surface area contributed by atoms with Gasteiger partial charge in [-0.05, 0) is 24.6 Å². The van der Waals surface area contributed by atoms with Gasteiger partial charge in [0.1, 0.15) is 0 Å². The molecule has 22 heavy (non-hydrogen) atoms. The summed E-state index contributed by atoms with van der Waals surface area (Å²) in [6.45, 7) is 4.32. The van der Waals surface area contributed by atoms with Crippen LogP contribution in [-0.2, 0) is 16.1 Å². The zero-order chi connectivity index (χ0) is 15.5. The molecule has 0 aliphatic rings. The summed E-state index contributed by atoms with van der Waals surface area (Å²) in [4.78, 5) is 23.3. The molecule has 0 aliphatic carbocycles. The van der Waals surface area contributed by atoms with Gasteiger partial charge in [-0.25, -0.2) is 0 Å². The van der Waals surface area contributed by atoms with E-state index in [1.807, 2.05) is 19.1 Å². The van der Waals surface area contributed by atoms with Crippen LogP contribution in [-0.4, -0.2) is 45.2 Å². The van der Waals surface area contributed by atoms with Crippen LogP contribution in [0.1, 0.15) is 22.8 Å². The number of methoxy groups -OCH3 is 1. The predicted octanol–water partition coefficient (Wildman–Crippen LogP) is 0.710. The first kappa shape index (κ1) is 20.4. The topological polar surface area (TPSA) is 79.5 Å². The maximum Gasteiger partial charge on any atom is 0.251 e. The van der Waals surface area contributed by atoms with Crippen molar-refractivity contribution in [1.29, 1.82) is 0 Å². The number of benzene rings is 1. The molecular formula is C15H24ClN3O3. The van der Waals surface area contributed by atoms with E-state index in [-0.39, 0.29) is 30.8 Å². The van der Waals surface area contributed by atoms with E-state index in [4.69, 9.17) is 4.74 Å². The van der Waals surface area contributed by atoms with Gasteiger partial charge in [0, 0.05) is 32.3 Å². The number of carbonyl (C=O) groups is 2. The van der Waals surface area contributed by atoms with Gasteiger partial charge in [-0.15, -0.1) is 12.4 Å². The van der Waals surface area contributed by atoms with E-state index < -0.39 is 0 Å². The third-order valence-electron chi connectivity index (χ3n) is 2.78. The van der Waals surface area contributed by atoms with Crippen molar-refractivity contribution in [2.75, 3.05) is 33.4 Å². The number of hydrogen-bond donors (Lipinski definition) is 3. The standard InChI is InChI=1S/C15H23N3O3.ClH/c1-3-17-15(20)13-6-4-5-12(9-13)10-18-14(19)11-16-7-8-21-2;/h4-6,9,16H,3,7-8,10-11H2,1-2H3,(H,17,20)(H,18,19);1H. The molecule has 0 unspecified atom stereocenters. The van der Waals surface area contributed by atoms with E-state index in [0.717, 1.165) is 5.56 Å². The van der Waals surface area contributed by atoms with Gasteiger partial charge in [0.25, 0.3) is 5.91 Å². The zero-order valence-electron chi connectivity index (χ0n) is 13.0. The molecular weight excluding hydrogens is 306 g/mol. The van der Waals surface area contributed by atoms with Crippen molar-refractivity contribution in [3.63, 3.8) is 0 Å². The number of halogens is 1. The Bertz CT molecular complexity index is 469. The van der Waals surface area contributed by atoms with Gasteiger partial charge in [-0.3, -0.25) is 9.59 Å². The molecule has 0 aliphatic heterocycles. The first-order valence-corrected chi connectivity index (χ1v) is 7.00. The monoisotopic (exact) mass is 329 g/mol. The van der Waals surface area contributed by atoms with Crippen molar-refractivity contribution in [2.45, 2.75) is 13.5 Å². The second kappa shape index (κ2) is 12.0. The highest BCUT2D eigenvalue weighted by molar-refractivity contribution is 5.94. The summed E-state index contributed by atoms with van der Waals surface area (Å²) in [5.41, 5.74) is 1.49. The van der Waals surface area contributed by atoms with Crippen LogP contribution in [0.4, 0.5) is 0 Å². The highest BCUT2D eigenvalue weighted by Crippen LogP contribution is 2.05. The Morgan fingerprint density at radius 2 is 2.00 bits per heavy atom. The third-order valence-corrected chi connectivity index (χ3v) is 2.78. The first-order valence-electron chi connectivity index (χ1n) is 7.00. The Kier molecular flexibility index (Phi) is 11.1. The van der Waals surface area contributed by atoms with Crippen molar-refractivity contribution in [3.05, 3.63) is 35.4 Å². The average Bonchev–Trinajstić information content (AvgIpc) is 2.50. The van der Waals surface area contributed by atoms with Gasteiger partial charge in [-0.1, -0.05) is 12.1 Å². The fraction of sp³-hybridized carbons (Fsp3) is 0.467. The Balaban J connectivity index is 0.00000441. The number of amides is 2. The summed E-state index contributed by atoms with van der Waals surface area (Å²) < 4.78 is 4.88. The minimum absolute atomic E-state index is 0. The van der Waals surface area contributed by atoms with Crippen LogP contribution in [0.15, 0.2) is 24.3 Å². The van der Waals surface area contributed by atoms with E-state index in [1.165, 1.54) is 0 Å². The number of carbonyl (C=O) groups excluding carboxylic acids is 2. The molecule has 1 aromatic rings. The summed E-state index contributed by atoms with van der Waals surface area (Å²) >= 11 is 0. The minimum atomic E-state index is -0.105.